The van der Waals surface area contributed by atoms with Crippen LogP contribution in [-0.4, -0.2) is 32.5 Å². The highest BCUT2D eigenvalue weighted by Gasteiger charge is 2.36. The number of hydrogen-bond donors (Lipinski definition) is 1. The topological polar surface area (TPSA) is 57.2 Å². The van der Waals surface area contributed by atoms with E-state index < -0.39 is 6.10 Å². The maximum absolute atomic E-state index is 10.7. The average Bonchev–Trinajstić information content (AvgIpc) is 2.58. The number of rotatable bonds is 3. The van der Waals surface area contributed by atoms with Crippen LogP contribution in [0.3, 0.4) is 0 Å². The molecular weight excluding hydrogens is 376 g/mol. The van der Waals surface area contributed by atoms with E-state index in [1.165, 1.54) is 0 Å². The molecule has 2 aromatic rings. The van der Waals surface area contributed by atoms with Gasteiger partial charge in [-0.25, -0.2) is 0 Å². The van der Waals surface area contributed by atoms with E-state index in [4.69, 9.17) is 18.9 Å². The minimum atomic E-state index is -0.749. The summed E-state index contributed by atoms with van der Waals surface area (Å²) in [5.74, 6) is 1.97. The molecule has 6 heteroatoms. The fourth-order valence-electron chi connectivity index (χ4n) is 3.40. The Bertz CT molecular complexity index is 789. The number of methoxy groups -OCH3 is 3. The Labute approximate surface area is 149 Å². The molecule has 1 heterocycles. The Morgan fingerprint density at radius 2 is 1.75 bits per heavy atom. The number of aliphatic hydroxyl groups excluding tert-OH is 1. The standard InChI is InChI=1S/C18H21BrO5/c1-8-13-15(17(20)9(2)24-8)16(19)11-6-10(21-3)7-12(22-4)14(11)18(13)23-5/h6-9,17,20H,1-5H3/t8-,9-,17+/m1/s1. The van der Waals surface area contributed by atoms with E-state index in [0.29, 0.717) is 17.2 Å². The fraction of sp³-hybridized carbons (Fsp3) is 0.444. The zero-order valence-corrected chi connectivity index (χ0v) is 15.9. The third-order valence-corrected chi connectivity index (χ3v) is 5.39. The number of benzene rings is 2. The first-order valence-corrected chi connectivity index (χ1v) is 8.52. The van der Waals surface area contributed by atoms with Crippen molar-refractivity contribution in [1.29, 1.82) is 0 Å². The quantitative estimate of drug-likeness (QED) is 0.844. The van der Waals surface area contributed by atoms with Crippen LogP contribution in [0.25, 0.3) is 10.8 Å². The first kappa shape index (κ1) is 17.3. The van der Waals surface area contributed by atoms with E-state index in [9.17, 15) is 5.11 Å². The normalized spacial score (nSPS) is 23.0. The summed E-state index contributed by atoms with van der Waals surface area (Å²) in [7, 11) is 4.83. The van der Waals surface area contributed by atoms with Gasteiger partial charge >= 0.3 is 0 Å². The molecule has 0 amide bonds. The molecule has 0 unspecified atom stereocenters. The number of hydrogen-bond acceptors (Lipinski definition) is 5. The van der Waals surface area contributed by atoms with Crippen LogP contribution in [-0.2, 0) is 4.74 Å². The molecule has 1 N–H and O–H groups in total. The van der Waals surface area contributed by atoms with E-state index >= 15 is 0 Å². The van der Waals surface area contributed by atoms with Crippen molar-refractivity contribution >= 4 is 26.7 Å². The van der Waals surface area contributed by atoms with Crippen molar-refractivity contribution in [2.75, 3.05) is 21.3 Å². The van der Waals surface area contributed by atoms with Crippen LogP contribution in [0, 0.1) is 0 Å². The Kier molecular flexibility index (Phi) is 4.64. The summed E-state index contributed by atoms with van der Waals surface area (Å²) < 4.78 is 23.3. The van der Waals surface area contributed by atoms with Crippen molar-refractivity contribution in [3.05, 3.63) is 27.7 Å². The van der Waals surface area contributed by atoms with Crippen molar-refractivity contribution in [2.24, 2.45) is 0 Å². The van der Waals surface area contributed by atoms with Gasteiger partial charge in [0.05, 0.1) is 38.9 Å². The second-order valence-corrected chi connectivity index (χ2v) is 6.65. The van der Waals surface area contributed by atoms with Crippen molar-refractivity contribution < 1.29 is 24.1 Å². The lowest BCUT2D eigenvalue weighted by Crippen LogP contribution is -2.28. The van der Waals surface area contributed by atoms with E-state index in [1.54, 1.807) is 21.3 Å². The van der Waals surface area contributed by atoms with Crippen LogP contribution < -0.4 is 14.2 Å². The molecule has 2 aromatic carbocycles. The predicted molar refractivity (Wildman–Crippen MR) is 95.2 cm³/mol. The summed E-state index contributed by atoms with van der Waals surface area (Å²) in [6.07, 6.45) is -1.26. The molecule has 3 atom stereocenters. The summed E-state index contributed by atoms with van der Waals surface area (Å²) in [5, 5.41) is 12.4. The van der Waals surface area contributed by atoms with Crippen LogP contribution in [0.5, 0.6) is 17.2 Å². The van der Waals surface area contributed by atoms with Crippen LogP contribution in [0.4, 0.5) is 0 Å². The highest BCUT2D eigenvalue weighted by molar-refractivity contribution is 9.10. The Balaban J connectivity index is 2.49. The predicted octanol–water partition coefficient (Wildman–Crippen LogP) is 4.14. The largest absolute Gasteiger partial charge is 0.497 e. The summed E-state index contributed by atoms with van der Waals surface area (Å²) in [5.41, 5.74) is 1.63. The molecule has 0 spiro atoms. The number of halogens is 1. The Morgan fingerprint density at radius 1 is 1.04 bits per heavy atom. The van der Waals surface area contributed by atoms with Gasteiger partial charge in [0.15, 0.2) is 0 Å². The van der Waals surface area contributed by atoms with Crippen LogP contribution in [0.1, 0.15) is 37.2 Å². The van der Waals surface area contributed by atoms with E-state index in [-0.39, 0.29) is 12.2 Å². The van der Waals surface area contributed by atoms with Crippen LogP contribution >= 0.6 is 15.9 Å². The SMILES string of the molecule is COc1cc(OC)c2c(OC)c3c(c(Br)c2c1)[C@@H](O)[C@@H](C)O[C@@H]3C. The van der Waals surface area contributed by atoms with Crippen molar-refractivity contribution in [2.45, 2.75) is 32.2 Å². The molecule has 3 rings (SSSR count). The minimum Gasteiger partial charge on any atom is -0.497 e. The molecule has 5 nitrogen and oxygen atoms in total. The van der Waals surface area contributed by atoms with Gasteiger partial charge in [-0.2, -0.15) is 0 Å². The van der Waals surface area contributed by atoms with Crippen molar-refractivity contribution in [1.82, 2.24) is 0 Å². The second kappa shape index (κ2) is 6.43. The van der Waals surface area contributed by atoms with Crippen LogP contribution in [0.2, 0.25) is 0 Å². The third-order valence-electron chi connectivity index (χ3n) is 4.54. The number of fused-ring (bicyclic) bond motifs is 2. The maximum atomic E-state index is 10.7. The molecule has 1 aliphatic rings. The average molecular weight is 397 g/mol. The highest BCUT2D eigenvalue weighted by Crippen LogP contribution is 2.52. The van der Waals surface area contributed by atoms with Gasteiger partial charge in [0.25, 0.3) is 0 Å². The molecule has 0 saturated carbocycles. The molecule has 0 fully saturated rings. The van der Waals surface area contributed by atoms with E-state index in [0.717, 1.165) is 26.4 Å². The van der Waals surface area contributed by atoms with Gasteiger partial charge in [-0.3, -0.25) is 0 Å². The minimum absolute atomic E-state index is 0.208. The zero-order chi connectivity index (χ0) is 17.6. The molecule has 0 aliphatic carbocycles. The molecular formula is C18H21BrO5. The monoisotopic (exact) mass is 396 g/mol. The highest BCUT2D eigenvalue weighted by atomic mass is 79.9. The molecule has 0 bridgehead atoms. The summed E-state index contributed by atoms with van der Waals surface area (Å²) >= 11 is 3.67. The second-order valence-electron chi connectivity index (χ2n) is 5.86. The Morgan fingerprint density at radius 3 is 2.33 bits per heavy atom. The van der Waals surface area contributed by atoms with Gasteiger partial charge in [-0.1, -0.05) is 0 Å². The smallest absolute Gasteiger partial charge is 0.136 e. The van der Waals surface area contributed by atoms with Gasteiger partial charge in [0.1, 0.15) is 23.4 Å². The third kappa shape index (κ3) is 2.44. The zero-order valence-electron chi connectivity index (χ0n) is 14.3. The van der Waals surface area contributed by atoms with Gasteiger partial charge < -0.3 is 24.1 Å². The van der Waals surface area contributed by atoms with E-state index in [1.807, 2.05) is 26.0 Å². The summed E-state index contributed by atoms with van der Waals surface area (Å²) in [6, 6.07) is 3.72. The van der Waals surface area contributed by atoms with Gasteiger partial charge in [-0.15, -0.1) is 0 Å². The lowest BCUT2D eigenvalue weighted by atomic mass is 9.88. The molecule has 0 saturated heterocycles. The lowest BCUT2D eigenvalue weighted by molar-refractivity contribution is -0.0818. The van der Waals surface area contributed by atoms with Gasteiger partial charge in [0, 0.05) is 27.1 Å². The fourth-order valence-corrected chi connectivity index (χ4v) is 4.16. The maximum Gasteiger partial charge on any atom is 0.136 e. The molecule has 130 valence electrons. The molecule has 24 heavy (non-hydrogen) atoms. The summed E-state index contributed by atoms with van der Waals surface area (Å²) in [4.78, 5) is 0. The first-order chi connectivity index (χ1) is 11.4. The van der Waals surface area contributed by atoms with E-state index in [2.05, 4.69) is 15.9 Å². The molecule has 0 radical (unpaired) electrons. The number of aliphatic hydroxyl groups is 1. The first-order valence-electron chi connectivity index (χ1n) is 7.73. The van der Waals surface area contributed by atoms with Crippen molar-refractivity contribution in [3.8, 4) is 17.2 Å². The van der Waals surface area contributed by atoms with Gasteiger partial charge in [-0.05, 0) is 35.8 Å². The lowest BCUT2D eigenvalue weighted by Gasteiger charge is -2.35. The number of ether oxygens (including phenoxy) is 4. The molecule has 0 aromatic heterocycles. The molecule has 1 aliphatic heterocycles. The summed E-state index contributed by atoms with van der Waals surface area (Å²) in [6.45, 7) is 3.82. The Hall–Kier alpha value is -1.50. The van der Waals surface area contributed by atoms with Gasteiger partial charge in [0.2, 0.25) is 0 Å². The van der Waals surface area contributed by atoms with Crippen LogP contribution in [0.15, 0.2) is 16.6 Å². The van der Waals surface area contributed by atoms with Crippen molar-refractivity contribution in [3.63, 3.8) is 0 Å².